The van der Waals surface area contributed by atoms with E-state index in [2.05, 4.69) is 542 Å². The molecule has 2 aliphatic rings. The lowest BCUT2D eigenvalue weighted by molar-refractivity contribution is 0.443. The second-order valence-electron chi connectivity index (χ2n) is 38.0. The van der Waals surface area contributed by atoms with Gasteiger partial charge in [0, 0.05) is 51.1 Å². The van der Waals surface area contributed by atoms with Gasteiger partial charge in [0.1, 0.15) is 0 Å². The summed E-state index contributed by atoms with van der Waals surface area (Å²) in [6.07, 6.45) is 13.4. The number of benzene rings is 23. The summed E-state index contributed by atoms with van der Waals surface area (Å²) >= 11 is 0. The van der Waals surface area contributed by atoms with Crippen molar-refractivity contribution in [1.82, 2.24) is 0 Å². The highest BCUT2D eigenvalue weighted by Crippen LogP contribution is 2.48. The van der Waals surface area contributed by atoms with E-state index in [1.165, 1.54) is 240 Å². The van der Waals surface area contributed by atoms with E-state index in [9.17, 15) is 0 Å². The van der Waals surface area contributed by atoms with Crippen molar-refractivity contribution >= 4 is 116 Å². The first-order valence-corrected chi connectivity index (χ1v) is 50.2. The molecular weight excluding hydrogens is 1700 g/mol. The second kappa shape index (κ2) is 40.7. The smallest absolute Gasteiger partial charge is 0.0546 e. The molecule has 0 radical (unpaired) electrons. The van der Waals surface area contributed by atoms with E-state index in [0.717, 1.165) is 39.8 Å². The molecule has 0 bridgehead atoms. The van der Waals surface area contributed by atoms with Gasteiger partial charge in [-0.1, -0.05) is 415 Å². The van der Waals surface area contributed by atoms with E-state index in [4.69, 9.17) is 0 Å². The Morgan fingerprint density at radius 1 is 0.128 bits per heavy atom. The van der Waals surface area contributed by atoms with E-state index < -0.39 is 0 Å². The molecule has 3 nitrogen and oxygen atoms in total. The van der Waals surface area contributed by atoms with Crippen LogP contribution in [-0.4, -0.2) is 0 Å². The largest absolute Gasteiger partial charge is 0.311 e. The third kappa shape index (κ3) is 19.5. The summed E-state index contributed by atoms with van der Waals surface area (Å²) in [5, 5.41) is 15.0. The predicted molar refractivity (Wildman–Crippen MR) is 604 cm³/mol. The summed E-state index contributed by atoms with van der Waals surface area (Å²) in [7, 11) is 0. The van der Waals surface area contributed by atoms with Crippen molar-refractivity contribution < 1.29 is 0 Å². The first-order chi connectivity index (χ1) is 69.8. The third-order valence-corrected chi connectivity index (χ3v) is 29.1. The maximum Gasteiger partial charge on any atom is 0.0546 e. The van der Waals surface area contributed by atoms with Crippen molar-refractivity contribution in [2.45, 2.75) is 76.0 Å². The third-order valence-electron chi connectivity index (χ3n) is 29.1. The van der Waals surface area contributed by atoms with Gasteiger partial charge in [0.15, 0.2) is 0 Å². The molecule has 3 heteroatoms. The van der Waals surface area contributed by atoms with Crippen molar-refractivity contribution in [2.75, 3.05) is 14.7 Å². The van der Waals surface area contributed by atoms with Gasteiger partial charge in [-0.25, -0.2) is 0 Å². The zero-order chi connectivity index (χ0) is 94.0. The van der Waals surface area contributed by atoms with Crippen molar-refractivity contribution in [3.63, 3.8) is 0 Å². The molecule has 141 heavy (non-hydrogen) atoms. The molecule has 0 N–H and O–H groups in total. The average Bonchev–Trinajstić information content (AvgIpc) is 0.752. The Hall–Kier alpha value is -17.0. The van der Waals surface area contributed by atoms with Crippen LogP contribution in [0.15, 0.2) is 528 Å². The van der Waals surface area contributed by atoms with Gasteiger partial charge < -0.3 is 14.7 Å². The summed E-state index contributed by atoms with van der Waals surface area (Å²) in [5.41, 5.74) is 32.9. The summed E-state index contributed by atoms with van der Waals surface area (Å²) in [5.74, 6) is 1.38. The molecule has 0 spiro atoms. The molecule has 2 fully saturated rings. The van der Waals surface area contributed by atoms with Gasteiger partial charge in [-0.15, -0.1) is 0 Å². The minimum absolute atomic E-state index is 0.691. The molecule has 0 aliphatic heterocycles. The summed E-state index contributed by atoms with van der Waals surface area (Å²) < 4.78 is 0. The van der Waals surface area contributed by atoms with Crippen molar-refractivity contribution in [2.24, 2.45) is 0 Å². The van der Waals surface area contributed by atoms with Crippen LogP contribution in [0, 0.1) is 0 Å². The van der Waals surface area contributed by atoms with Gasteiger partial charge in [-0.2, -0.15) is 0 Å². The van der Waals surface area contributed by atoms with E-state index in [1.54, 1.807) is 0 Å². The SMILES string of the molecule is c1ccc(-c2ccc(N(c3ccc(-c4ccc5cc(-c6ccc7ccccc7c6)ccc5c4)cc3)c3ccc(C4CCCCC4)cc3)cc2)cc1.c1ccc(-c2ccc(N(c3ccc(-c4ccc5ccc(-c6ccc7ccccc7c6)cc5c4)cc3)c3ccc(C4CCCCC4)cc3)cc2)cc1.c1ccc(-c2ccc(N(c3ccccc3)c3cc4ccccc4cc3-c3ccc4ccccc4c3)cc2)cc1. The Balaban J connectivity index is 0.000000119. The summed E-state index contributed by atoms with van der Waals surface area (Å²) in [6, 6.07) is 193. The standard InChI is InChI=1S/2C50H41N.C38H27N/c1-3-9-36(10-4-1)39-21-27-48(28-22-39)51(49-29-23-40(24-30-49)37-11-5-2-6-12-37)50-31-25-41(26-32-50)44-18-16-42-17-20-46(35-47(42)34-44)45-19-15-38-13-7-8-14-43(38)33-45;1-3-9-36(10-4-1)39-21-27-48(28-22-39)51(49-29-23-40(24-30-49)37-11-5-2-6-12-37)50-31-25-41(26-32-50)43-17-18-46-35-47(20-19-45(46)34-43)44-16-15-38-13-7-8-14-42(38)33-44;1-3-11-28(12-4-1)30-21-23-36(24-22-30)39(35-17-5-2-6-18-35)38-27-33-16-10-9-15-32(33)26-37(38)34-20-19-29-13-7-8-14-31(29)25-34/h2*1,3-4,7-10,13-35,37H,2,5-6,11-12H2;1-27H. The van der Waals surface area contributed by atoms with Crippen LogP contribution in [0.25, 0.3) is 154 Å². The predicted octanol–water partition coefficient (Wildman–Crippen LogP) is 39.8. The van der Waals surface area contributed by atoms with E-state index in [0.29, 0.717) is 11.8 Å². The maximum absolute atomic E-state index is 2.39. The van der Waals surface area contributed by atoms with Crippen LogP contribution in [0.2, 0.25) is 0 Å². The van der Waals surface area contributed by atoms with E-state index in [-0.39, 0.29) is 0 Å². The first-order valence-electron chi connectivity index (χ1n) is 50.2. The Morgan fingerprint density at radius 3 is 0.652 bits per heavy atom. The summed E-state index contributed by atoms with van der Waals surface area (Å²) in [6.45, 7) is 0. The Kier molecular flexibility index (Phi) is 25.4. The fraction of sp³-hybridized carbons (Fsp3) is 0.0870. The Labute approximate surface area is 828 Å². The molecule has 0 atom stereocenters. The average molecular weight is 1810 g/mol. The molecule has 2 saturated carbocycles. The van der Waals surface area contributed by atoms with Crippen molar-refractivity contribution in [3.8, 4) is 89.0 Å². The molecule has 0 aromatic heterocycles. The van der Waals surface area contributed by atoms with Gasteiger partial charge in [0.05, 0.1) is 5.69 Å². The second-order valence-corrected chi connectivity index (χ2v) is 38.0. The minimum Gasteiger partial charge on any atom is -0.311 e. The number of para-hydroxylation sites is 1. The Morgan fingerprint density at radius 2 is 0.326 bits per heavy atom. The van der Waals surface area contributed by atoms with Crippen LogP contribution in [0.4, 0.5) is 51.2 Å². The Bertz CT molecular complexity index is 8280. The van der Waals surface area contributed by atoms with Gasteiger partial charge in [0.2, 0.25) is 0 Å². The fourth-order valence-electron chi connectivity index (χ4n) is 21.4. The topological polar surface area (TPSA) is 9.72 Å². The zero-order valence-electron chi connectivity index (χ0n) is 79.3. The van der Waals surface area contributed by atoms with Gasteiger partial charge in [0.25, 0.3) is 0 Å². The molecule has 0 heterocycles. The number of hydrogen-bond acceptors (Lipinski definition) is 3. The van der Waals surface area contributed by atoms with Crippen LogP contribution >= 0.6 is 0 Å². The molecule has 0 saturated heterocycles. The lowest BCUT2D eigenvalue weighted by Gasteiger charge is -2.28. The van der Waals surface area contributed by atoms with E-state index in [1.807, 2.05) is 0 Å². The van der Waals surface area contributed by atoms with E-state index >= 15 is 0 Å². The molecule has 676 valence electrons. The van der Waals surface area contributed by atoms with Crippen LogP contribution in [0.1, 0.15) is 87.2 Å². The maximum atomic E-state index is 2.39. The van der Waals surface area contributed by atoms with Gasteiger partial charge >= 0.3 is 0 Å². The number of rotatable bonds is 19. The molecule has 0 unspecified atom stereocenters. The zero-order valence-corrected chi connectivity index (χ0v) is 79.3. The van der Waals surface area contributed by atoms with Crippen molar-refractivity contribution in [3.05, 3.63) is 539 Å². The molecular formula is C138H109N3. The normalized spacial score (nSPS) is 12.8. The number of anilines is 9. The molecule has 0 amide bonds. The molecule has 2 aliphatic carbocycles. The van der Waals surface area contributed by atoms with Crippen molar-refractivity contribution in [1.29, 1.82) is 0 Å². The highest BCUT2D eigenvalue weighted by atomic mass is 15.2. The van der Waals surface area contributed by atoms with Crippen LogP contribution in [0.3, 0.4) is 0 Å². The fourth-order valence-corrected chi connectivity index (χ4v) is 21.4. The lowest BCUT2D eigenvalue weighted by atomic mass is 9.84. The van der Waals surface area contributed by atoms with Crippen LogP contribution < -0.4 is 14.7 Å². The highest BCUT2D eigenvalue weighted by Gasteiger charge is 2.24. The lowest BCUT2D eigenvalue weighted by Crippen LogP contribution is -2.11. The quantitative estimate of drug-likeness (QED) is 0.0799. The minimum atomic E-state index is 0.691. The first kappa shape index (κ1) is 88.0. The van der Waals surface area contributed by atoms with Gasteiger partial charge in [-0.05, 0) is 348 Å². The molecule has 23 aromatic carbocycles. The van der Waals surface area contributed by atoms with Crippen LogP contribution in [0.5, 0.6) is 0 Å². The monoisotopic (exact) mass is 1810 g/mol. The van der Waals surface area contributed by atoms with Gasteiger partial charge in [-0.3, -0.25) is 0 Å². The number of fused-ring (bicyclic) bond motifs is 6. The highest BCUT2D eigenvalue weighted by molar-refractivity contribution is 6.02. The number of nitrogens with zero attached hydrogens (tertiary/aromatic N) is 3. The number of hydrogen-bond donors (Lipinski definition) is 0. The summed E-state index contributed by atoms with van der Waals surface area (Å²) in [4.78, 5) is 7.16. The molecule has 23 aromatic rings. The molecule has 25 rings (SSSR count). The van der Waals surface area contributed by atoms with Crippen LogP contribution in [-0.2, 0) is 0 Å².